The van der Waals surface area contributed by atoms with Crippen molar-refractivity contribution in [2.24, 2.45) is 10.7 Å². The molecule has 6 nitrogen and oxygen atoms in total. The molecule has 1 aromatic heterocycles. The van der Waals surface area contributed by atoms with Crippen LogP contribution in [0.2, 0.25) is 0 Å². The third-order valence-corrected chi connectivity index (χ3v) is 3.28. The molecule has 2 aromatic carbocycles. The number of hydrogen-bond donors (Lipinski definition) is 2. The second kappa shape index (κ2) is 5.84. The first-order valence-electron chi connectivity index (χ1n) is 6.82. The molecule has 0 radical (unpaired) electrons. The van der Waals surface area contributed by atoms with E-state index < -0.39 is 5.91 Å². The molecule has 3 rings (SSSR count). The monoisotopic (exact) mass is 310 g/mol. The fraction of sp³-hybridized carbons (Fsp3) is 0.0588. The smallest absolute Gasteiger partial charge is 0.254 e. The Morgan fingerprint density at radius 3 is 2.78 bits per heavy atom. The SMILES string of the molecule is COc1cccc(N=c2oc3cc(O)ccc3cc2C(N)=O)c1. The van der Waals surface area contributed by atoms with Gasteiger partial charge in [-0.05, 0) is 30.3 Å². The molecule has 1 amide bonds. The Hall–Kier alpha value is -3.28. The zero-order chi connectivity index (χ0) is 16.4. The Bertz CT molecular complexity index is 960. The molecular formula is C17H14N2O4. The zero-order valence-electron chi connectivity index (χ0n) is 12.3. The first kappa shape index (κ1) is 14.6. The molecule has 6 heteroatoms. The van der Waals surface area contributed by atoms with Crippen LogP contribution in [0.1, 0.15) is 10.4 Å². The van der Waals surface area contributed by atoms with E-state index in [1.54, 1.807) is 43.5 Å². The van der Waals surface area contributed by atoms with E-state index in [9.17, 15) is 9.90 Å². The number of benzene rings is 2. The van der Waals surface area contributed by atoms with Crippen molar-refractivity contribution < 1.29 is 19.1 Å². The van der Waals surface area contributed by atoms with Gasteiger partial charge in [0, 0.05) is 17.5 Å². The maximum atomic E-state index is 11.7. The standard InChI is InChI=1S/C17H14N2O4/c1-22-13-4-2-3-11(8-13)19-17-14(16(18)21)7-10-5-6-12(20)9-15(10)23-17/h2-9,20H,1H3,(H2,18,21). The minimum absolute atomic E-state index is 0.0559. The van der Waals surface area contributed by atoms with Crippen molar-refractivity contribution in [2.75, 3.05) is 7.11 Å². The highest BCUT2D eigenvalue weighted by molar-refractivity contribution is 5.95. The molecule has 0 aliphatic heterocycles. The molecule has 0 aliphatic rings. The van der Waals surface area contributed by atoms with Crippen molar-refractivity contribution in [1.29, 1.82) is 0 Å². The number of nitrogens with two attached hydrogens (primary N) is 1. The molecule has 0 spiro atoms. The van der Waals surface area contributed by atoms with E-state index in [0.717, 1.165) is 0 Å². The van der Waals surface area contributed by atoms with Crippen LogP contribution >= 0.6 is 0 Å². The number of hydrogen-bond acceptors (Lipinski definition) is 5. The molecule has 0 saturated carbocycles. The number of aromatic hydroxyl groups is 1. The van der Waals surface area contributed by atoms with E-state index in [1.807, 2.05) is 0 Å². The summed E-state index contributed by atoms with van der Waals surface area (Å²) in [5.74, 6) is 0.0380. The number of carbonyl (C=O) groups is 1. The Balaban J connectivity index is 2.26. The number of carbonyl (C=O) groups excluding carboxylic acids is 1. The van der Waals surface area contributed by atoms with Gasteiger partial charge < -0.3 is 20.0 Å². The maximum Gasteiger partial charge on any atom is 0.254 e. The van der Waals surface area contributed by atoms with Gasteiger partial charge in [-0.25, -0.2) is 4.99 Å². The summed E-state index contributed by atoms with van der Waals surface area (Å²) in [7, 11) is 1.55. The summed E-state index contributed by atoms with van der Waals surface area (Å²) in [5, 5.41) is 10.2. The van der Waals surface area contributed by atoms with Crippen LogP contribution in [0.25, 0.3) is 11.0 Å². The van der Waals surface area contributed by atoms with Crippen molar-refractivity contribution in [3.8, 4) is 11.5 Å². The van der Waals surface area contributed by atoms with Gasteiger partial charge >= 0.3 is 0 Å². The van der Waals surface area contributed by atoms with Crippen molar-refractivity contribution >= 4 is 22.6 Å². The summed E-state index contributed by atoms with van der Waals surface area (Å²) in [6.07, 6.45) is 0. The zero-order valence-corrected chi connectivity index (χ0v) is 12.3. The first-order valence-corrected chi connectivity index (χ1v) is 6.82. The molecule has 1 heterocycles. The molecule has 0 bridgehead atoms. The molecule has 0 saturated heterocycles. The summed E-state index contributed by atoms with van der Waals surface area (Å²) in [4.78, 5) is 16.0. The summed E-state index contributed by atoms with van der Waals surface area (Å²) >= 11 is 0. The lowest BCUT2D eigenvalue weighted by Crippen LogP contribution is -2.21. The van der Waals surface area contributed by atoms with Crippen LogP contribution in [0, 0.1) is 0 Å². The van der Waals surface area contributed by atoms with Crippen molar-refractivity contribution in [3.05, 3.63) is 59.6 Å². The normalized spacial score (nSPS) is 11.6. The van der Waals surface area contributed by atoms with E-state index in [4.69, 9.17) is 14.9 Å². The van der Waals surface area contributed by atoms with Gasteiger partial charge in [0.15, 0.2) is 0 Å². The lowest BCUT2D eigenvalue weighted by molar-refractivity contribution is 0.0996. The van der Waals surface area contributed by atoms with Crippen molar-refractivity contribution in [1.82, 2.24) is 0 Å². The average Bonchev–Trinajstić information content (AvgIpc) is 2.54. The molecule has 3 aromatic rings. The molecule has 0 atom stereocenters. The van der Waals surface area contributed by atoms with E-state index in [0.29, 0.717) is 22.4 Å². The Morgan fingerprint density at radius 2 is 2.04 bits per heavy atom. The number of phenolic OH excluding ortho intramolecular Hbond substituents is 1. The van der Waals surface area contributed by atoms with Crippen molar-refractivity contribution in [3.63, 3.8) is 0 Å². The number of amides is 1. The number of nitrogens with zero attached hydrogens (tertiary/aromatic N) is 1. The predicted molar refractivity (Wildman–Crippen MR) is 84.6 cm³/mol. The molecule has 3 N–H and O–H groups in total. The predicted octanol–water partition coefficient (Wildman–Crippen LogP) is 2.48. The second-order valence-electron chi connectivity index (χ2n) is 4.86. The van der Waals surface area contributed by atoms with Gasteiger partial charge in [0.25, 0.3) is 5.91 Å². The van der Waals surface area contributed by atoms with Gasteiger partial charge in [-0.2, -0.15) is 0 Å². The van der Waals surface area contributed by atoms with Crippen molar-refractivity contribution in [2.45, 2.75) is 0 Å². The molecule has 0 unspecified atom stereocenters. The minimum Gasteiger partial charge on any atom is -0.508 e. The van der Waals surface area contributed by atoms with Crippen LogP contribution in [0.3, 0.4) is 0 Å². The molecular weight excluding hydrogens is 296 g/mol. The first-order chi connectivity index (χ1) is 11.1. The summed E-state index contributed by atoms with van der Waals surface area (Å²) < 4.78 is 10.8. The van der Waals surface area contributed by atoms with Gasteiger partial charge in [-0.1, -0.05) is 6.07 Å². The number of fused-ring (bicyclic) bond motifs is 1. The van der Waals surface area contributed by atoms with Crippen LogP contribution in [-0.2, 0) is 0 Å². The summed E-state index contributed by atoms with van der Waals surface area (Å²) in [5.41, 5.74) is 6.59. The molecule has 0 fully saturated rings. The van der Waals surface area contributed by atoms with Gasteiger partial charge in [0.05, 0.1) is 12.8 Å². The molecule has 116 valence electrons. The van der Waals surface area contributed by atoms with E-state index in [1.165, 1.54) is 12.1 Å². The van der Waals surface area contributed by atoms with Gasteiger partial charge in [0.2, 0.25) is 5.55 Å². The third kappa shape index (κ3) is 3.01. The number of primary amides is 1. The highest BCUT2D eigenvalue weighted by Crippen LogP contribution is 2.21. The van der Waals surface area contributed by atoms with Crippen LogP contribution in [0.15, 0.2) is 57.9 Å². The Kier molecular flexibility index (Phi) is 3.72. The lowest BCUT2D eigenvalue weighted by atomic mass is 10.1. The Morgan fingerprint density at radius 1 is 1.22 bits per heavy atom. The topological polar surface area (TPSA) is 98.1 Å². The highest BCUT2D eigenvalue weighted by atomic mass is 16.5. The average molecular weight is 310 g/mol. The maximum absolute atomic E-state index is 11.7. The van der Waals surface area contributed by atoms with Gasteiger partial charge in [-0.15, -0.1) is 0 Å². The largest absolute Gasteiger partial charge is 0.508 e. The number of phenols is 1. The second-order valence-corrected chi connectivity index (χ2v) is 4.86. The van der Waals surface area contributed by atoms with E-state index in [2.05, 4.69) is 4.99 Å². The third-order valence-electron chi connectivity index (χ3n) is 3.28. The van der Waals surface area contributed by atoms with Gasteiger partial charge in [-0.3, -0.25) is 4.79 Å². The minimum atomic E-state index is -0.648. The fourth-order valence-electron chi connectivity index (χ4n) is 2.16. The number of methoxy groups -OCH3 is 1. The summed E-state index contributed by atoms with van der Waals surface area (Å²) in [6, 6.07) is 13.2. The number of rotatable bonds is 3. The summed E-state index contributed by atoms with van der Waals surface area (Å²) in [6.45, 7) is 0. The van der Waals surface area contributed by atoms with Crippen LogP contribution in [-0.4, -0.2) is 18.1 Å². The molecule has 0 aliphatic carbocycles. The number of ether oxygens (including phenoxy) is 1. The van der Waals surface area contributed by atoms with E-state index in [-0.39, 0.29) is 16.9 Å². The van der Waals surface area contributed by atoms with Crippen LogP contribution in [0.4, 0.5) is 5.69 Å². The Labute approximate surface area is 131 Å². The van der Waals surface area contributed by atoms with Crippen LogP contribution in [0.5, 0.6) is 11.5 Å². The quantitative estimate of drug-likeness (QED) is 0.776. The lowest BCUT2D eigenvalue weighted by Gasteiger charge is -2.03. The highest BCUT2D eigenvalue weighted by Gasteiger charge is 2.10. The van der Waals surface area contributed by atoms with Crippen LogP contribution < -0.4 is 16.0 Å². The molecule has 23 heavy (non-hydrogen) atoms. The van der Waals surface area contributed by atoms with Gasteiger partial charge in [0.1, 0.15) is 22.6 Å². The van der Waals surface area contributed by atoms with E-state index >= 15 is 0 Å². The fourth-order valence-corrected chi connectivity index (χ4v) is 2.16.